The van der Waals surface area contributed by atoms with Gasteiger partial charge in [0.15, 0.2) is 0 Å². The summed E-state index contributed by atoms with van der Waals surface area (Å²) in [6, 6.07) is 0. The second-order valence-corrected chi connectivity index (χ2v) is 29.9. The molecule has 736 valence electrons. The number of carboxylic acids is 12. The number of nitrogens with zero attached hydrogens (tertiary/aromatic N) is 12. The average molecular weight is 1850 g/mol. The van der Waals surface area contributed by atoms with Crippen LogP contribution in [0.15, 0.2) is 0 Å². The van der Waals surface area contributed by atoms with Crippen molar-refractivity contribution in [1.82, 2.24) is 123 Å². The highest BCUT2D eigenvalue weighted by Gasteiger charge is 2.35. The smallest absolute Gasteiger partial charge is 0.317 e. The molecule has 129 heavy (non-hydrogen) atoms. The molecule has 0 aromatic heterocycles. The van der Waals surface area contributed by atoms with Crippen molar-refractivity contribution >= 4 is 119 Å². The molecule has 8 amide bonds. The van der Waals surface area contributed by atoms with Gasteiger partial charge >= 0.3 is 47.8 Å². The number of carbonyl (C=O) groups is 20. The molecular formula is C73H128N24O32-4. The van der Waals surface area contributed by atoms with E-state index in [9.17, 15) is 147 Å². The van der Waals surface area contributed by atoms with Gasteiger partial charge in [-0.15, -0.1) is 0 Å². The number of carbonyl (C=O) groups excluding carboxylic acids is 12. The molecule has 0 spiro atoms. The van der Waals surface area contributed by atoms with E-state index in [1.165, 1.54) is 67.4 Å². The van der Waals surface area contributed by atoms with Crippen molar-refractivity contribution in [3.63, 3.8) is 0 Å². The van der Waals surface area contributed by atoms with Crippen LogP contribution in [0.25, 0.3) is 0 Å². The molecule has 0 rings (SSSR count). The van der Waals surface area contributed by atoms with Crippen LogP contribution in [0.4, 0.5) is 0 Å². The van der Waals surface area contributed by atoms with E-state index >= 15 is 0 Å². The summed E-state index contributed by atoms with van der Waals surface area (Å²) in [4.78, 5) is 265. The van der Waals surface area contributed by atoms with Crippen LogP contribution in [0.3, 0.4) is 0 Å². The lowest BCUT2D eigenvalue weighted by Gasteiger charge is -2.35. The third kappa shape index (κ3) is 65.9. The average Bonchev–Trinajstić information content (AvgIpc) is 0.843. The predicted molar refractivity (Wildman–Crippen MR) is 441 cm³/mol. The Morgan fingerprint density at radius 1 is 0.209 bits per heavy atom. The second-order valence-electron chi connectivity index (χ2n) is 29.9. The van der Waals surface area contributed by atoms with Gasteiger partial charge in [0.05, 0.1) is 129 Å². The van der Waals surface area contributed by atoms with Crippen LogP contribution >= 0.6 is 0 Å². The van der Waals surface area contributed by atoms with Crippen molar-refractivity contribution in [2.75, 3.05) is 342 Å². The van der Waals surface area contributed by atoms with Crippen molar-refractivity contribution in [2.45, 2.75) is 0 Å². The first kappa shape index (κ1) is 118. The Kier molecular flexibility index (Phi) is 62.8. The Balaban J connectivity index is 7.72. The molecule has 56 heteroatoms. The van der Waals surface area contributed by atoms with Gasteiger partial charge in [0, 0.05) is 243 Å². The summed E-state index contributed by atoms with van der Waals surface area (Å²) in [6.45, 7) is -13.5. The molecule has 0 saturated carbocycles. The summed E-state index contributed by atoms with van der Waals surface area (Å²) in [6.07, 6.45) is 0. The predicted octanol–water partition coefficient (Wildman–Crippen LogP) is -20.9. The van der Waals surface area contributed by atoms with Gasteiger partial charge in [0.1, 0.15) is 0 Å². The molecular weight excluding hydrogens is 1720 g/mol. The van der Waals surface area contributed by atoms with Gasteiger partial charge < -0.3 is 164 Å². The molecule has 20 N–H and O–H groups in total. The first-order chi connectivity index (χ1) is 60.8. The number of hydrogen-bond donors (Lipinski definition) is 20. The molecule has 0 heterocycles. The minimum absolute atomic E-state index is 0.00201. The Labute approximate surface area is 743 Å². The molecule has 0 bridgehead atoms. The zero-order valence-electron chi connectivity index (χ0n) is 73.2. The lowest BCUT2D eigenvalue weighted by atomic mass is 9.86. The molecule has 0 aliphatic rings. The number of amides is 8. The van der Waals surface area contributed by atoms with Gasteiger partial charge in [-0.3, -0.25) is 116 Å². The number of hydrogen-bond acceptors (Lipinski definition) is 40. The van der Waals surface area contributed by atoms with Crippen molar-refractivity contribution in [1.29, 1.82) is 0 Å². The molecule has 0 fully saturated rings. The topological polar surface area (TPSA) is 779 Å². The maximum Gasteiger partial charge on any atom is 0.317 e. The van der Waals surface area contributed by atoms with Crippen LogP contribution < -0.4 is 84.2 Å². The van der Waals surface area contributed by atoms with Gasteiger partial charge in [-0.1, -0.05) is 0 Å². The van der Waals surface area contributed by atoms with Gasteiger partial charge in [-0.05, 0) is 0 Å². The van der Waals surface area contributed by atoms with Gasteiger partial charge in [0.25, 0.3) is 0 Å². The van der Waals surface area contributed by atoms with Crippen LogP contribution in [-0.4, -0.2) is 561 Å². The third-order valence-corrected chi connectivity index (χ3v) is 18.7. The Morgan fingerprint density at radius 3 is 0.574 bits per heavy atom. The maximum atomic E-state index is 14.3. The highest BCUT2D eigenvalue weighted by atomic mass is 16.4. The largest absolute Gasteiger partial charge is 0.549 e. The fourth-order valence-electron chi connectivity index (χ4n) is 11.7. The lowest BCUT2D eigenvalue weighted by molar-refractivity contribution is -0.307. The highest BCUT2D eigenvalue weighted by molar-refractivity contribution is 5.88. The number of rotatable bonds is 84. The third-order valence-electron chi connectivity index (χ3n) is 18.7. The molecule has 0 saturated heterocycles. The molecule has 0 aliphatic carbocycles. The van der Waals surface area contributed by atoms with Crippen molar-refractivity contribution in [3.05, 3.63) is 0 Å². The van der Waals surface area contributed by atoms with E-state index in [-0.39, 0.29) is 157 Å². The van der Waals surface area contributed by atoms with E-state index in [4.69, 9.17) is 10.2 Å². The zero-order chi connectivity index (χ0) is 97.4. The minimum Gasteiger partial charge on any atom is -0.549 e. The Hall–Kier alpha value is -11.2. The van der Waals surface area contributed by atoms with E-state index in [2.05, 4.69) is 63.8 Å². The van der Waals surface area contributed by atoms with E-state index < -0.39 is 281 Å². The summed E-state index contributed by atoms with van der Waals surface area (Å²) in [5, 5.41) is 152. The van der Waals surface area contributed by atoms with Crippen molar-refractivity contribution in [3.8, 4) is 0 Å². The fourth-order valence-corrected chi connectivity index (χ4v) is 11.7. The zero-order valence-corrected chi connectivity index (χ0v) is 73.2. The molecule has 0 aromatic carbocycles. The van der Waals surface area contributed by atoms with Crippen molar-refractivity contribution in [2.24, 2.45) is 5.41 Å². The number of likely N-dealkylation sites (N-methyl/N-ethyl adjacent to an activating group) is 4. The molecule has 1 unspecified atom stereocenters. The molecule has 0 radical (unpaired) electrons. The Bertz CT molecular complexity index is 3340. The number of nitrogens with one attached hydrogen (secondary N) is 12. The second kappa shape index (κ2) is 68.8. The fraction of sp³-hybridized carbons (Fsp3) is 0.726. The molecule has 1 atom stereocenters. The monoisotopic (exact) mass is 1850 g/mol. The van der Waals surface area contributed by atoms with Gasteiger partial charge in [0.2, 0.25) is 47.3 Å². The van der Waals surface area contributed by atoms with Crippen LogP contribution in [-0.2, 0) is 95.9 Å². The van der Waals surface area contributed by atoms with Gasteiger partial charge in [-0.2, -0.15) is 0 Å². The quantitative estimate of drug-likeness (QED) is 0.0251. The summed E-state index contributed by atoms with van der Waals surface area (Å²) >= 11 is 0. The van der Waals surface area contributed by atoms with E-state index in [1.807, 2.05) is 0 Å². The SMILES string of the molecule is CN(CC(=O)NCC(CNC(=O)CN(C)C(=O)CNCCN(CCN(CCNCC(=O)O)CC(=O)O)CC(=O)O)(CNC(=O)CN(C)C(=O)CN(CCNCC(=O)O)CCN(CCNCC(=O)[O-])CC(=O)[O-])CNC(=O)CN(C)C(=O)CN(CCNCC(=O)O)CCN(CCNCC(=O)O)CC(=O)O)C(=O)CNCCN(CCN(CCNCC(=O)[O-])CC(=O)[O-])CC(=O)O. The molecule has 0 aliphatic heterocycles. The maximum absolute atomic E-state index is 14.3. The van der Waals surface area contributed by atoms with E-state index in [0.717, 1.165) is 19.6 Å². The summed E-state index contributed by atoms with van der Waals surface area (Å²) in [5.74, 6) is -22.0. The van der Waals surface area contributed by atoms with Gasteiger partial charge in [-0.25, -0.2) is 0 Å². The van der Waals surface area contributed by atoms with Crippen LogP contribution in [0.5, 0.6) is 0 Å². The van der Waals surface area contributed by atoms with E-state index in [0.29, 0.717) is 0 Å². The molecule has 0 aromatic rings. The summed E-state index contributed by atoms with van der Waals surface area (Å²) in [7, 11) is 4.92. The minimum atomic E-state index is -1.83. The van der Waals surface area contributed by atoms with Crippen LogP contribution in [0, 0.1) is 5.41 Å². The Morgan fingerprint density at radius 2 is 0.388 bits per heavy atom. The normalized spacial score (nSPS) is 11.8. The molecule has 56 nitrogen and oxygen atoms in total. The summed E-state index contributed by atoms with van der Waals surface area (Å²) < 4.78 is 0. The first-order valence-electron chi connectivity index (χ1n) is 40.8. The summed E-state index contributed by atoms with van der Waals surface area (Å²) in [5.41, 5.74) is -1.83. The van der Waals surface area contributed by atoms with Crippen LogP contribution in [0.2, 0.25) is 0 Å². The van der Waals surface area contributed by atoms with Crippen LogP contribution in [0.1, 0.15) is 0 Å². The number of aliphatic carboxylic acids is 12. The highest BCUT2D eigenvalue weighted by Crippen LogP contribution is 2.15. The first-order valence-corrected chi connectivity index (χ1v) is 40.8. The van der Waals surface area contributed by atoms with Crippen molar-refractivity contribution < 1.29 is 157 Å². The van der Waals surface area contributed by atoms with E-state index in [1.54, 1.807) is 0 Å². The standard InChI is InChI=1S/C73H132N24O32/c1-86(57(102)29-74-5-15-92(43-67(118)119)25-27-96(47-71(126)127)19-11-80-35-65(114)115)37-53(98)82-49-73(50-83-54(99)38-87(2)58(103)30-75-6-16-93(44-68(120)121)26-28-97(48-72(128)129)20-12-81-36-66(116)117,51-84-55(100)39-88(3)59(104)41-90(13-7-76-31-61(106)107)21-23-94(45-69(122)123)17-9-78-33-63(110)111)52-85-56(101)40-89(4)60(105)42-91(14-8-77-32-62(108)109)22-24-95(46-70(124)125)18-10-79-34-64(112)113/h74-81H,5-52H2,1-4H3,(H,82,98)(H,83,99)(H,84,100)(H,85,101)(H,106,107)(H,108,109)(H,110,111)(H,112,113)(H,114,115)(H,116,117)(H,118,119)(H,120,121)(H,122,123)(H,124,125)(H,126,127)(H,128,129)/p-4. The lowest BCUT2D eigenvalue weighted by Crippen LogP contribution is -2.59. The number of carboxylic acid groups (broad SMARTS) is 12.